The summed E-state index contributed by atoms with van der Waals surface area (Å²) in [6.45, 7) is 1.82. The second-order valence-corrected chi connectivity index (χ2v) is 3.97. The van der Waals surface area contributed by atoms with Gasteiger partial charge in [0.25, 0.3) is 5.56 Å². The quantitative estimate of drug-likeness (QED) is 0.773. The van der Waals surface area contributed by atoms with Crippen molar-refractivity contribution in [3.05, 3.63) is 63.6 Å². The number of phenolic OH excluding ortho intramolecular Hbond substituents is 1. The molecule has 0 aliphatic carbocycles. The molecule has 0 unspecified atom stereocenters. The zero-order valence-electron chi connectivity index (χ0n) is 9.42. The minimum Gasteiger partial charge on any atom is -0.508 e. The molecule has 0 spiro atoms. The van der Waals surface area contributed by atoms with Gasteiger partial charge in [-0.1, -0.05) is 12.1 Å². The Hall–Kier alpha value is -2.23. The molecule has 2 N–H and O–H groups in total. The summed E-state index contributed by atoms with van der Waals surface area (Å²) in [5.74, 6) is 0.167. The minimum atomic E-state index is -0.423. The highest BCUT2D eigenvalue weighted by Gasteiger charge is 2.08. The minimum absolute atomic E-state index is 0.167. The molecule has 2 rings (SSSR count). The lowest BCUT2D eigenvalue weighted by atomic mass is 10.0. The molecule has 0 amide bonds. The van der Waals surface area contributed by atoms with Crippen LogP contribution in [0, 0.1) is 6.92 Å². The van der Waals surface area contributed by atoms with Crippen LogP contribution in [0.4, 0.5) is 0 Å². The molecule has 4 nitrogen and oxygen atoms in total. The monoisotopic (exact) mass is 231 g/mol. The first-order valence-corrected chi connectivity index (χ1v) is 5.26. The van der Waals surface area contributed by atoms with Crippen molar-refractivity contribution >= 4 is 0 Å². The topological polar surface area (TPSA) is 62.5 Å². The Labute approximate surface area is 98.4 Å². The highest BCUT2D eigenvalue weighted by Crippen LogP contribution is 2.15. The third kappa shape index (κ3) is 2.30. The Morgan fingerprint density at radius 1 is 1.29 bits per heavy atom. The lowest BCUT2D eigenvalue weighted by molar-refractivity contribution is 0.173. The van der Waals surface area contributed by atoms with Gasteiger partial charge in [0, 0.05) is 18.2 Å². The largest absolute Gasteiger partial charge is 0.508 e. The molecule has 1 heterocycles. The summed E-state index contributed by atoms with van der Waals surface area (Å²) < 4.78 is 0.575. The highest BCUT2D eigenvalue weighted by molar-refractivity contribution is 5.33. The average molecular weight is 231 g/mol. The first-order chi connectivity index (χ1) is 8.08. The summed E-state index contributed by atoms with van der Waals surface area (Å²) in [7, 11) is 0. The van der Waals surface area contributed by atoms with Crippen molar-refractivity contribution < 1.29 is 10.3 Å². The van der Waals surface area contributed by atoms with Gasteiger partial charge in [0.15, 0.2) is 0 Å². The van der Waals surface area contributed by atoms with Crippen LogP contribution in [-0.2, 0) is 6.42 Å². The molecule has 0 aliphatic rings. The van der Waals surface area contributed by atoms with Gasteiger partial charge in [-0.2, -0.15) is 4.73 Å². The fourth-order valence-electron chi connectivity index (χ4n) is 1.74. The van der Waals surface area contributed by atoms with E-state index in [-0.39, 0.29) is 5.75 Å². The molecule has 0 bridgehead atoms. The molecule has 4 heteroatoms. The summed E-state index contributed by atoms with van der Waals surface area (Å²) in [6.07, 6.45) is 1.71. The number of pyridine rings is 1. The molecule has 88 valence electrons. The molecule has 0 saturated heterocycles. The summed E-state index contributed by atoms with van der Waals surface area (Å²) in [5.41, 5.74) is 1.76. The van der Waals surface area contributed by atoms with Crippen LogP contribution in [0.3, 0.4) is 0 Å². The van der Waals surface area contributed by atoms with Crippen molar-refractivity contribution in [2.24, 2.45) is 0 Å². The fraction of sp³-hybridized carbons (Fsp3) is 0.154. The van der Waals surface area contributed by atoms with Gasteiger partial charge in [-0.3, -0.25) is 4.79 Å². The van der Waals surface area contributed by atoms with E-state index in [9.17, 15) is 15.1 Å². The van der Waals surface area contributed by atoms with Gasteiger partial charge in [0.2, 0.25) is 0 Å². The summed E-state index contributed by atoms with van der Waals surface area (Å²) in [6, 6.07) is 8.41. The van der Waals surface area contributed by atoms with Crippen LogP contribution < -0.4 is 5.56 Å². The van der Waals surface area contributed by atoms with E-state index in [0.717, 1.165) is 11.1 Å². The van der Waals surface area contributed by atoms with Crippen LogP contribution in [0.15, 0.2) is 41.3 Å². The number of nitrogens with zero attached hydrogens (tertiary/aromatic N) is 1. The number of aromatic hydroxyl groups is 1. The van der Waals surface area contributed by atoms with Crippen LogP contribution in [0.1, 0.15) is 16.7 Å². The molecule has 0 radical (unpaired) electrons. The lowest BCUT2D eigenvalue weighted by Crippen LogP contribution is -2.22. The predicted molar refractivity (Wildman–Crippen MR) is 63.5 cm³/mol. The molecular formula is C13H13NO3. The third-order valence-electron chi connectivity index (χ3n) is 2.70. The van der Waals surface area contributed by atoms with Gasteiger partial charge in [0.1, 0.15) is 5.75 Å². The maximum absolute atomic E-state index is 11.7. The van der Waals surface area contributed by atoms with Gasteiger partial charge >= 0.3 is 0 Å². The Kier molecular flexibility index (Phi) is 2.87. The van der Waals surface area contributed by atoms with Gasteiger partial charge < -0.3 is 10.3 Å². The second-order valence-electron chi connectivity index (χ2n) is 3.97. The number of benzene rings is 1. The molecule has 0 saturated carbocycles. The van der Waals surface area contributed by atoms with Gasteiger partial charge in [-0.05, 0) is 36.2 Å². The molecule has 0 fully saturated rings. The number of aryl methyl sites for hydroxylation is 1. The smallest absolute Gasteiger partial charge is 0.286 e. The molecule has 0 atom stereocenters. The fourth-order valence-corrected chi connectivity index (χ4v) is 1.74. The van der Waals surface area contributed by atoms with E-state index in [1.807, 2.05) is 13.0 Å². The number of rotatable bonds is 2. The lowest BCUT2D eigenvalue weighted by Gasteiger charge is -2.06. The first-order valence-electron chi connectivity index (χ1n) is 5.26. The Morgan fingerprint density at radius 3 is 2.76 bits per heavy atom. The van der Waals surface area contributed by atoms with Gasteiger partial charge in [0.05, 0.1) is 0 Å². The van der Waals surface area contributed by atoms with Crippen molar-refractivity contribution in [3.8, 4) is 5.75 Å². The van der Waals surface area contributed by atoms with Gasteiger partial charge in [-0.25, -0.2) is 0 Å². The molecule has 17 heavy (non-hydrogen) atoms. The van der Waals surface area contributed by atoms with Crippen molar-refractivity contribution in [2.45, 2.75) is 13.3 Å². The van der Waals surface area contributed by atoms with E-state index in [2.05, 4.69) is 0 Å². The number of aromatic nitrogens is 1. The van der Waals surface area contributed by atoms with Crippen molar-refractivity contribution in [1.29, 1.82) is 0 Å². The number of phenols is 1. The van der Waals surface area contributed by atoms with Crippen molar-refractivity contribution in [1.82, 2.24) is 4.73 Å². The Morgan fingerprint density at radius 2 is 2.06 bits per heavy atom. The third-order valence-corrected chi connectivity index (χ3v) is 2.70. The predicted octanol–water partition coefficient (Wildman–Crippen LogP) is 1.69. The summed E-state index contributed by atoms with van der Waals surface area (Å²) >= 11 is 0. The van der Waals surface area contributed by atoms with Crippen molar-refractivity contribution in [2.75, 3.05) is 0 Å². The molecule has 0 aliphatic heterocycles. The van der Waals surface area contributed by atoms with Crippen LogP contribution in [-0.4, -0.2) is 15.0 Å². The SMILES string of the molecule is Cc1ccn(O)c(=O)c1Cc1cccc(O)c1. The molecule has 2 aromatic rings. The Bertz CT molecular complexity index is 602. The second kappa shape index (κ2) is 4.33. The normalized spacial score (nSPS) is 10.4. The Balaban J connectivity index is 2.43. The van der Waals surface area contributed by atoms with Crippen LogP contribution >= 0.6 is 0 Å². The van der Waals surface area contributed by atoms with E-state index in [1.165, 1.54) is 6.20 Å². The van der Waals surface area contributed by atoms with E-state index >= 15 is 0 Å². The first kappa shape index (κ1) is 11.3. The highest BCUT2D eigenvalue weighted by atomic mass is 16.5. The van der Waals surface area contributed by atoms with Crippen LogP contribution in [0.2, 0.25) is 0 Å². The zero-order chi connectivity index (χ0) is 12.4. The van der Waals surface area contributed by atoms with E-state index in [4.69, 9.17) is 0 Å². The number of hydrogen-bond acceptors (Lipinski definition) is 3. The number of hydrogen-bond donors (Lipinski definition) is 2. The standard InChI is InChI=1S/C13H13NO3/c1-9-5-6-14(17)13(16)12(9)8-10-3-2-4-11(15)7-10/h2-7,15,17H,8H2,1H3. The summed E-state index contributed by atoms with van der Waals surface area (Å²) in [4.78, 5) is 11.7. The maximum atomic E-state index is 11.7. The maximum Gasteiger partial charge on any atom is 0.286 e. The van der Waals surface area contributed by atoms with Crippen molar-refractivity contribution in [3.63, 3.8) is 0 Å². The average Bonchev–Trinajstić information content (AvgIpc) is 2.30. The van der Waals surface area contributed by atoms with Crippen LogP contribution in [0.5, 0.6) is 5.75 Å². The van der Waals surface area contributed by atoms with E-state index in [1.54, 1.807) is 24.3 Å². The van der Waals surface area contributed by atoms with E-state index in [0.29, 0.717) is 16.7 Å². The van der Waals surface area contributed by atoms with Gasteiger partial charge in [-0.15, -0.1) is 0 Å². The molecule has 1 aromatic heterocycles. The molecular weight excluding hydrogens is 218 g/mol. The summed E-state index contributed by atoms with van der Waals surface area (Å²) in [5, 5.41) is 18.7. The van der Waals surface area contributed by atoms with Crippen LogP contribution in [0.25, 0.3) is 0 Å². The van der Waals surface area contributed by atoms with E-state index < -0.39 is 5.56 Å². The molecule has 1 aromatic carbocycles. The zero-order valence-corrected chi connectivity index (χ0v) is 9.42.